The zero-order valence-electron chi connectivity index (χ0n) is 23.0. The molecule has 0 saturated carbocycles. The van der Waals surface area contributed by atoms with Gasteiger partial charge in [-0.2, -0.15) is 13.2 Å². The molecule has 0 saturated heterocycles. The summed E-state index contributed by atoms with van der Waals surface area (Å²) in [5.74, 6) is 0.421. The molecule has 9 heteroatoms. The van der Waals surface area contributed by atoms with Gasteiger partial charge >= 0.3 is 12.1 Å². The molecular weight excluding hydrogens is 549 g/mol. The maximum absolute atomic E-state index is 12.9. The number of hydrogen-bond acceptors (Lipinski definition) is 5. The van der Waals surface area contributed by atoms with Crippen molar-refractivity contribution < 1.29 is 27.8 Å². The van der Waals surface area contributed by atoms with E-state index in [0.717, 1.165) is 52.7 Å². The Morgan fingerprint density at radius 2 is 1.59 bits per heavy atom. The van der Waals surface area contributed by atoms with Crippen molar-refractivity contribution in [2.45, 2.75) is 52.4 Å². The SMILES string of the molecule is CC(C)CCN(Cc1ccc(COc2ccc(CCC(=O)O)cc2)cc1)c1nc(-c2ccc(C(F)(F)F)cc2)cs1. The Morgan fingerprint density at radius 1 is 0.951 bits per heavy atom. The summed E-state index contributed by atoms with van der Waals surface area (Å²) in [4.78, 5) is 17.7. The molecule has 3 aromatic carbocycles. The van der Waals surface area contributed by atoms with E-state index < -0.39 is 17.7 Å². The van der Waals surface area contributed by atoms with Gasteiger partial charge in [-0.3, -0.25) is 4.79 Å². The second-order valence-corrected chi connectivity index (χ2v) is 11.2. The number of ether oxygens (including phenoxy) is 1. The molecule has 0 amide bonds. The number of aryl methyl sites for hydroxylation is 1. The van der Waals surface area contributed by atoms with Gasteiger partial charge in [0.2, 0.25) is 0 Å². The molecule has 0 radical (unpaired) electrons. The van der Waals surface area contributed by atoms with E-state index in [1.165, 1.54) is 23.5 Å². The summed E-state index contributed by atoms with van der Waals surface area (Å²) in [5.41, 5.74) is 3.75. The number of carbonyl (C=O) groups is 1. The Bertz CT molecular complexity index is 1400. The molecule has 0 bridgehead atoms. The van der Waals surface area contributed by atoms with Gasteiger partial charge < -0.3 is 14.7 Å². The van der Waals surface area contributed by atoms with Crippen LogP contribution in [0.1, 0.15) is 48.9 Å². The number of aliphatic carboxylic acids is 1. The van der Waals surface area contributed by atoms with Crippen LogP contribution in [-0.2, 0) is 30.5 Å². The van der Waals surface area contributed by atoms with Crippen LogP contribution in [0.4, 0.5) is 18.3 Å². The fourth-order valence-electron chi connectivity index (χ4n) is 4.16. The van der Waals surface area contributed by atoms with Gasteiger partial charge in [-0.1, -0.05) is 62.4 Å². The Hall–Kier alpha value is -3.85. The van der Waals surface area contributed by atoms with E-state index >= 15 is 0 Å². The van der Waals surface area contributed by atoms with Crippen LogP contribution in [0.25, 0.3) is 11.3 Å². The fourth-order valence-corrected chi connectivity index (χ4v) is 5.02. The van der Waals surface area contributed by atoms with Gasteiger partial charge in [0.05, 0.1) is 11.3 Å². The third kappa shape index (κ3) is 9.08. The summed E-state index contributed by atoms with van der Waals surface area (Å²) in [6.07, 6.45) is -2.79. The first-order valence-electron chi connectivity index (χ1n) is 13.5. The number of alkyl halides is 3. The number of aromatic nitrogens is 1. The van der Waals surface area contributed by atoms with Crippen LogP contribution in [-0.4, -0.2) is 22.6 Å². The highest BCUT2D eigenvalue weighted by atomic mass is 32.1. The van der Waals surface area contributed by atoms with Gasteiger partial charge in [0, 0.05) is 30.5 Å². The number of benzene rings is 3. The first-order chi connectivity index (χ1) is 19.6. The van der Waals surface area contributed by atoms with Crippen molar-refractivity contribution in [2.75, 3.05) is 11.4 Å². The van der Waals surface area contributed by atoms with Gasteiger partial charge in [0.15, 0.2) is 5.13 Å². The van der Waals surface area contributed by atoms with E-state index in [0.29, 0.717) is 36.7 Å². The average molecular weight is 583 g/mol. The van der Waals surface area contributed by atoms with E-state index in [9.17, 15) is 18.0 Å². The standard InChI is InChI=1S/C32H33F3N2O3S/c1-22(2)17-18-37(31-36-29(21-41-31)26-10-12-27(13-11-26)32(33,34)35)19-24-3-5-25(6-4-24)20-40-28-14-7-23(8-15-28)9-16-30(38)39/h3-8,10-15,21-22H,9,16-20H2,1-2H3,(H,38,39). The lowest BCUT2D eigenvalue weighted by molar-refractivity contribution is -0.138. The Balaban J connectivity index is 1.38. The molecule has 41 heavy (non-hydrogen) atoms. The van der Waals surface area contributed by atoms with Crippen LogP contribution >= 0.6 is 11.3 Å². The van der Waals surface area contributed by atoms with Crippen molar-refractivity contribution in [3.63, 3.8) is 0 Å². The van der Waals surface area contributed by atoms with Crippen LogP contribution in [0.15, 0.2) is 78.2 Å². The molecule has 0 aliphatic rings. The van der Waals surface area contributed by atoms with Gasteiger partial charge in [-0.25, -0.2) is 4.98 Å². The van der Waals surface area contributed by atoms with E-state index in [-0.39, 0.29) is 6.42 Å². The monoisotopic (exact) mass is 582 g/mol. The largest absolute Gasteiger partial charge is 0.489 e. The molecule has 0 atom stereocenters. The Morgan fingerprint density at radius 3 is 2.20 bits per heavy atom. The van der Waals surface area contributed by atoms with Crippen molar-refractivity contribution in [1.82, 2.24) is 4.98 Å². The smallest absolute Gasteiger partial charge is 0.416 e. The van der Waals surface area contributed by atoms with E-state index in [1.807, 2.05) is 41.8 Å². The van der Waals surface area contributed by atoms with Crippen LogP contribution in [0.5, 0.6) is 5.75 Å². The minimum absolute atomic E-state index is 0.102. The van der Waals surface area contributed by atoms with Crippen molar-refractivity contribution in [1.29, 1.82) is 0 Å². The van der Waals surface area contributed by atoms with Crippen LogP contribution in [0, 0.1) is 5.92 Å². The molecule has 0 unspecified atom stereocenters. The van der Waals surface area contributed by atoms with Gasteiger partial charge in [-0.15, -0.1) is 11.3 Å². The number of carboxylic acids is 1. The van der Waals surface area contributed by atoms with Gasteiger partial charge in [0.1, 0.15) is 12.4 Å². The van der Waals surface area contributed by atoms with Crippen molar-refractivity contribution in [3.8, 4) is 17.0 Å². The maximum atomic E-state index is 12.9. The molecule has 0 fully saturated rings. The van der Waals surface area contributed by atoms with E-state index in [2.05, 4.69) is 30.9 Å². The summed E-state index contributed by atoms with van der Waals surface area (Å²) < 4.78 is 44.8. The number of rotatable bonds is 13. The first kappa shape index (κ1) is 30.1. The van der Waals surface area contributed by atoms with Gasteiger partial charge in [-0.05, 0) is 59.7 Å². The summed E-state index contributed by atoms with van der Waals surface area (Å²) in [5, 5.41) is 11.5. The molecule has 0 aliphatic carbocycles. The normalized spacial score (nSPS) is 11.6. The third-order valence-corrected chi connectivity index (χ3v) is 7.50. The lowest BCUT2D eigenvalue weighted by Crippen LogP contribution is -2.24. The number of halogens is 3. The minimum atomic E-state index is -4.36. The molecular formula is C32H33F3N2O3S. The summed E-state index contributed by atoms with van der Waals surface area (Å²) >= 11 is 1.49. The van der Waals surface area contributed by atoms with Crippen LogP contribution < -0.4 is 9.64 Å². The second-order valence-electron chi connectivity index (χ2n) is 10.3. The number of carboxylic acid groups (broad SMARTS) is 1. The molecule has 1 N–H and O–H groups in total. The van der Waals surface area contributed by atoms with Crippen molar-refractivity contribution in [2.24, 2.45) is 5.92 Å². The number of hydrogen-bond donors (Lipinski definition) is 1. The van der Waals surface area contributed by atoms with Crippen molar-refractivity contribution in [3.05, 3.63) is 100 Å². The highest BCUT2D eigenvalue weighted by Gasteiger charge is 2.30. The molecule has 4 rings (SSSR count). The lowest BCUT2D eigenvalue weighted by Gasteiger charge is -2.23. The zero-order valence-corrected chi connectivity index (χ0v) is 23.8. The summed E-state index contributed by atoms with van der Waals surface area (Å²) in [6, 6.07) is 20.8. The Labute approximate surface area is 242 Å². The first-order valence-corrected chi connectivity index (χ1v) is 14.3. The maximum Gasteiger partial charge on any atom is 0.416 e. The highest BCUT2D eigenvalue weighted by Crippen LogP contribution is 2.33. The molecule has 0 spiro atoms. The summed E-state index contributed by atoms with van der Waals surface area (Å²) in [6.45, 7) is 6.23. The van der Waals surface area contributed by atoms with Crippen LogP contribution in [0.2, 0.25) is 0 Å². The van der Waals surface area contributed by atoms with Crippen molar-refractivity contribution >= 4 is 22.4 Å². The molecule has 216 valence electrons. The molecule has 5 nitrogen and oxygen atoms in total. The topological polar surface area (TPSA) is 62.7 Å². The quantitative estimate of drug-likeness (QED) is 0.171. The van der Waals surface area contributed by atoms with E-state index in [1.54, 1.807) is 0 Å². The molecule has 1 aromatic heterocycles. The van der Waals surface area contributed by atoms with Crippen LogP contribution in [0.3, 0.4) is 0 Å². The Kier molecular flexibility index (Phi) is 10.0. The molecule has 0 aliphatic heterocycles. The van der Waals surface area contributed by atoms with E-state index in [4.69, 9.17) is 14.8 Å². The third-order valence-electron chi connectivity index (χ3n) is 6.60. The molecule has 4 aromatic rings. The summed E-state index contributed by atoms with van der Waals surface area (Å²) in [7, 11) is 0. The lowest BCUT2D eigenvalue weighted by atomic mass is 10.1. The second kappa shape index (κ2) is 13.7. The highest BCUT2D eigenvalue weighted by molar-refractivity contribution is 7.14. The predicted octanol–water partition coefficient (Wildman–Crippen LogP) is 8.48. The fraction of sp³-hybridized carbons (Fsp3) is 0.312. The minimum Gasteiger partial charge on any atom is -0.489 e. The van der Waals surface area contributed by atoms with Gasteiger partial charge in [0.25, 0.3) is 0 Å². The number of nitrogens with zero attached hydrogens (tertiary/aromatic N) is 2. The number of thiazole rings is 1. The predicted molar refractivity (Wildman–Crippen MR) is 156 cm³/mol. The number of anilines is 1. The molecule has 1 heterocycles. The average Bonchev–Trinajstić information content (AvgIpc) is 3.44. The zero-order chi connectivity index (χ0) is 29.4.